The van der Waals surface area contributed by atoms with Crippen molar-refractivity contribution in [3.63, 3.8) is 0 Å². The van der Waals surface area contributed by atoms with Crippen molar-refractivity contribution in [1.29, 1.82) is 0 Å². The van der Waals surface area contributed by atoms with Gasteiger partial charge >= 0.3 is 0 Å². The molecule has 92 valence electrons. The number of carbonyl (C=O) groups is 1. The van der Waals surface area contributed by atoms with Gasteiger partial charge in [-0.25, -0.2) is 0 Å². The minimum atomic E-state index is -0.233. The van der Waals surface area contributed by atoms with Crippen LogP contribution in [0.4, 0.5) is 5.69 Å². The Balaban J connectivity index is 3.10. The van der Waals surface area contributed by atoms with E-state index in [0.29, 0.717) is 0 Å². The Morgan fingerprint density at radius 1 is 1.59 bits per heavy atom. The summed E-state index contributed by atoms with van der Waals surface area (Å²) in [5.74, 6) is -0.182. The number of aryl methyl sites for hydroxylation is 1. The number of carbonyl (C=O) groups excluding carboxylic acids is 1. The van der Waals surface area contributed by atoms with Gasteiger partial charge in [0.25, 0.3) is 0 Å². The fourth-order valence-corrected chi connectivity index (χ4v) is 1.76. The lowest BCUT2D eigenvalue weighted by atomic mass is 9.94. The van der Waals surface area contributed by atoms with Crippen molar-refractivity contribution >= 4 is 11.6 Å². The van der Waals surface area contributed by atoms with Crippen molar-refractivity contribution in [1.82, 2.24) is 0 Å². The normalized spacial score (nSPS) is 11.9. The van der Waals surface area contributed by atoms with Gasteiger partial charge in [0, 0.05) is 18.2 Å². The Labute approximate surface area is 102 Å². The highest BCUT2D eigenvalue weighted by Crippen LogP contribution is 2.28. The number of hydrogen-bond acceptors (Lipinski definition) is 2. The molecule has 0 aliphatic carbocycles. The Kier molecular flexibility index (Phi) is 4.91. The van der Waals surface area contributed by atoms with Gasteiger partial charge in [0.1, 0.15) is 0 Å². The molecule has 2 N–H and O–H groups in total. The quantitative estimate of drug-likeness (QED) is 0.768. The van der Waals surface area contributed by atoms with Crippen molar-refractivity contribution in [2.45, 2.75) is 26.2 Å². The largest absolute Gasteiger partial charge is 0.396 e. The molecule has 1 amide bonds. The molecule has 0 aromatic heterocycles. The molecule has 0 aliphatic heterocycles. The smallest absolute Gasteiger partial charge is 0.247 e. The fraction of sp³-hybridized carbons (Fsp3) is 0.357. The van der Waals surface area contributed by atoms with E-state index in [1.165, 1.54) is 6.08 Å². The number of aliphatic hydroxyl groups excluding tert-OH is 1. The summed E-state index contributed by atoms with van der Waals surface area (Å²) in [6.07, 6.45) is 2.07. The first kappa shape index (κ1) is 13.5. The van der Waals surface area contributed by atoms with Crippen molar-refractivity contribution in [3.05, 3.63) is 42.0 Å². The molecule has 17 heavy (non-hydrogen) atoms. The van der Waals surface area contributed by atoms with Crippen LogP contribution in [-0.4, -0.2) is 17.6 Å². The zero-order valence-electron chi connectivity index (χ0n) is 10.4. The summed E-state index contributed by atoms with van der Waals surface area (Å²) in [6.45, 7) is 7.52. The highest BCUT2D eigenvalue weighted by atomic mass is 16.3. The van der Waals surface area contributed by atoms with Crippen molar-refractivity contribution in [2.24, 2.45) is 0 Å². The molecule has 1 rings (SSSR count). The predicted octanol–water partition coefficient (Wildman–Crippen LogP) is 2.61. The molecule has 1 aromatic rings. The van der Waals surface area contributed by atoms with Crippen LogP contribution >= 0.6 is 0 Å². The highest BCUT2D eigenvalue weighted by Gasteiger charge is 2.13. The van der Waals surface area contributed by atoms with Gasteiger partial charge in [-0.15, -0.1) is 0 Å². The van der Waals surface area contributed by atoms with E-state index >= 15 is 0 Å². The van der Waals surface area contributed by atoms with E-state index in [0.717, 1.165) is 23.2 Å². The van der Waals surface area contributed by atoms with E-state index in [1.54, 1.807) is 0 Å². The third-order valence-electron chi connectivity index (χ3n) is 2.80. The lowest BCUT2D eigenvalue weighted by molar-refractivity contribution is -0.111. The molecular formula is C14H19NO2. The van der Waals surface area contributed by atoms with Crippen molar-refractivity contribution in [2.75, 3.05) is 11.9 Å². The number of aliphatic hydroxyl groups is 1. The van der Waals surface area contributed by atoms with Gasteiger partial charge in [0.05, 0.1) is 0 Å². The second-order valence-corrected chi connectivity index (χ2v) is 4.07. The lowest BCUT2D eigenvalue weighted by Crippen LogP contribution is -2.12. The molecule has 1 aromatic carbocycles. The summed E-state index contributed by atoms with van der Waals surface area (Å²) in [5.41, 5.74) is 2.84. The Morgan fingerprint density at radius 3 is 2.82 bits per heavy atom. The van der Waals surface area contributed by atoms with E-state index in [4.69, 9.17) is 0 Å². The monoisotopic (exact) mass is 233 g/mol. The highest BCUT2D eigenvalue weighted by molar-refractivity contribution is 5.99. The van der Waals surface area contributed by atoms with Gasteiger partial charge in [0.15, 0.2) is 0 Å². The zero-order valence-corrected chi connectivity index (χ0v) is 10.4. The Hall–Kier alpha value is -1.61. The van der Waals surface area contributed by atoms with Gasteiger partial charge < -0.3 is 10.4 Å². The van der Waals surface area contributed by atoms with Gasteiger partial charge in [-0.05, 0) is 31.1 Å². The molecule has 0 saturated heterocycles. The molecule has 0 bridgehead atoms. The third kappa shape index (κ3) is 3.43. The number of benzene rings is 1. The van der Waals surface area contributed by atoms with Crippen molar-refractivity contribution in [3.8, 4) is 0 Å². The summed E-state index contributed by atoms with van der Waals surface area (Å²) < 4.78 is 0. The van der Waals surface area contributed by atoms with E-state index < -0.39 is 0 Å². The Bertz CT molecular complexity index is 409. The standard InChI is InChI=1S/C14H19NO2/c1-4-11(9-16)12-8-10(3)6-7-13(12)15-14(17)5-2/h5-8,11,16H,2,4,9H2,1,3H3,(H,15,17). The summed E-state index contributed by atoms with van der Waals surface area (Å²) in [7, 11) is 0. The van der Waals surface area contributed by atoms with E-state index in [2.05, 4.69) is 11.9 Å². The molecule has 1 unspecified atom stereocenters. The number of hydrogen-bond donors (Lipinski definition) is 2. The summed E-state index contributed by atoms with van der Waals surface area (Å²) in [5, 5.41) is 12.1. The molecule has 0 radical (unpaired) electrons. The van der Waals surface area contributed by atoms with Crippen LogP contribution in [0.1, 0.15) is 30.4 Å². The fourth-order valence-electron chi connectivity index (χ4n) is 1.76. The average molecular weight is 233 g/mol. The van der Waals surface area contributed by atoms with E-state index in [-0.39, 0.29) is 18.4 Å². The number of nitrogens with one attached hydrogen (secondary N) is 1. The molecule has 3 heteroatoms. The molecule has 0 aliphatic rings. The van der Waals surface area contributed by atoms with Crippen LogP contribution in [0.15, 0.2) is 30.9 Å². The predicted molar refractivity (Wildman–Crippen MR) is 70.1 cm³/mol. The van der Waals surface area contributed by atoms with Crippen LogP contribution in [0.25, 0.3) is 0 Å². The lowest BCUT2D eigenvalue weighted by Gasteiger charge is -2.17. The SMILES string of the molecule is C=CC(=O)Nc1ccc(C)cc1C(CC)CO. The number of rotatable bonds is 5. The summed E-state index contributed by atoms with van der Waals surface area (Å²) in [4.78, 5) is 11.3. The molecular weight excluding hydrogens is 214 g/mol. The van der Waals surface area contributed by atoms with Crippen LogP contribution in [0.5, 0.6) is 0 Å². The van der Waals surface area contributed by atoms with Gasteiger partial charge in [-0.1, -0.05) is 31.2 Å². The van der Waals surface area contributed by atoms with Crippen LogP contribution in [0.3, 0.4) is 0 Å². The van der Waals surface area contributed by atoms with Crippen LogP contribution < -0.4 is 5.32 Å². The molecule has 0 heterocycles. The molecule has 0 fully saturated rings. The zero-order chi connectivity index (χ0) is 12.8. The maximum absolute atomic E-state index is 11.3. The van der Waals surface area contributed by atoms with Crippen molar-refractivity contribution < 1.29 is 9.90 Å². The number of amides is 1. The molecule has 1 atom stereocenters. The average Bonchev–Trinajstić information content (AvgIpc) is 2.33. The van der Waals surface area contributed by atoms with Gasteiger partial charge in [-0.2, -0.15) is 0 Å². The molecule has 0 saturated carbocycles. The molecule has 3 nitrogen and oxygen atoms in total. The maximum atomic E-state index is 11.3. The van der Waals surface area contributed by atoms with Gasteiger partial charge in [0.2, 0.25) is 5.91 Å². The summed E-state index contributed by atoms with van der Waals surface area (Å²) >= 11 is 0. The molecule has 0 spiro atoms. The number of anilines is 1. The minimum absolute atomic E-state index is 0.0509. The second kappa shape index (κ2) is 6.21. The van der Waals surface area contributed by atoms with Crippen LogP contribution in [0.2, 0.25) is 0 Å². The summed E-state index contributed by atoms with van der Waals surface area (Å²) in [6, 6.07) is 5.81. The van der Waals surface area contributed by atoms with Crippen LogP contribution in [0, 0.1) is 6.92 Å². The first-order valence-corrected chi connectivity index (χ1v) is 5.77. The van der Waals surface area contributed by atoms with Gasteiger partial charge in [-0.3, -0.25) is 4.79 Å². The van der Waals surface area contributed by atoms with E-state index in [1.807, 2.05) is 32.0 Å². The first-order valence-electron chi connectivity index (χ1n) is 5.77. The minimum Gasteiger partial charge on any atom is -0.396 e. The topological polar surface area (TPSA) is 49.3 Å². The second-order valence-electron chi connectivity index (χ2n) is 4.07. The maximum Gasteiger partial charge on any atom is 0.247 e. The first-order chi connectivity index (χ1) is 8.12. The Morgan fingerprint density at radius 2 is 2.29 bits per heavy atom. The van der Waals surface area contributed by atoms with E-state index in [9.17, 15) is 9.90 Å². The third-order valence-corrected chi connectivity index (χ3v) is 2.80. The van der Waals surface area contributed by atoms with Crippen LogP contribution in [-0.2, 0) is 4.79 Å².